The first-order valence-corrected chi connectivity index (χ1v) is 7.67. The summed E-state index contributed by atoms with van der Waals surface area (Å²) >= 11 is 0. The van der Waals surface area contributed by atoms with Crippen LogP contribution >= 0.6 is 0 Å². The van der Waals surface area contributed by atoms with Crippen molar-refractivity contribution in [3.05, 3.63) is 17.6 Å². The van der Waals surface area contributed by atoms with Crippen LogP contribution in [0.15, 0.2) is 6.33 Å². The van der Waals surface area contributed by atoms with Crippen molar-refractivity contribution in [1.29, 1.82) is 0 Å². The molecule has 1 aromatic heterocycles. The molecule has 3 heterocycles. The highest BCUT2D eigenvalue weighted by Crippen LogP contribution is 2.24. The van der Waals surface area contributed by atoms with Gasteiger partial charge in [0.2, 0.25) is 0 Å². The number of anilines is 1. The molecule has 0 spiro atoms. The van der Waals surface area contributed by atoms with Crippen molar-refractivity contribution in [1.82, 2.24) is 20.2 Å². The van der Waals surface area contributed by atoms with Crippen LogP contribution in [-0.4, -0.2) is 55.1 Å². The molecule has 0 atom stereocenters. The highest BCUT2D eigenvalue weighted by atomic mass is 15.2. The predicted molar refractivity (Wildman–Crippen MR) is 80.9 cm³/mol. The van der Waals surface area contributed by atoms with Gasteiger partial charge in [0.25, 0.3) is 0 Å². The molecule has 1 aromatic rings. The molecule has 5 nitrogen and oxygen atoms in total. The van der Waals surface area contributed by atoms with Crippen LogP contribution in [0.4, 0.5) is 5.82 Å². The maximum atomic E-state index is 4.54. The summed E-state index contributed by atoms with van der Waals surface area (Å²) < 4.78 is 0. The van der Waals surface area contributed by atoms with Gasteiger partial charge in [0.1, 0.15) is 12.1 Å². The molecule has 2 aliphatic heterocycles. The topological polar surface area (TPSA) is 44.3 Å². The quantitative estimate of drug-likeness (QED) is 0.888. The molecule has 0 bridgehead atoms. The average molecular weight is 275 g/mol. The van der Waals surface area contributed by atoms with Crippen molar-refractivity contribution in [2.75, 3.05) is 45.2 Å². The van der Waals surface area contributed by atoms with Gasteiger partial charge in [-0.1, -0.05) is 0 Å². The van der Waals surface area contributed by atoms with E-state index in [9.17, 15) is 0 Å². The number of fused-ring (bicyclic) bond motifs is 1. The van der Waals surface area contributed by atoms with Gasteiger partial charge in [0, 0.05) is 38.7 Å². The molecule has 1 saturated heterocycles. The second kappa shape index (κ2) is 6.06. The molecule has 110 valence electrons. The predicted octanol–water partition coefficient (Wildman–Crippen LogP) is 0.900. The molecule has 0 unspecified atom stereocenters. The van der Waals surface area contributed by atoms with E-state index < -0.39 is 0 Å². The molecule has 20 heavy (non-hydrogen) atoms. The van der Waals surface area contributed by atoms with Gasteiger partial charge in [-0.2, -0.15) is 0 Å². The van der Waals surface area contributed by atoms with Gasteiger partial charge in [-0.15, -0.1) is 0 Å². The van der Waals surface area contributed by atoms with Crippen molar-refractivity contribution in [3.8, 4) is 0 Å². The minimum atomic E-state index is 0.790. The summed E-state index contributed by atoms with van der Waals surface area (Å²) in [7, 11) is 4.39. The number of piperidine rings is 1. The zero-order chi connectivity index (χ0) is 13.9. The van der Waals surface area contributed by atoms with Gasteiger partial charge in [0.15, 0.2) is 0 Å². The highest BCUT2D eigenvalue weighted by Gasteiger charge is 2.22. The van der Waals surface area contributed by atoms with Crippen LogP contribution in [0, 0.1) is 5.92 Å². The van der Waals surface area contributed by atoms with E-state index in [0.29, 0.717) is 0 Å². The first-order chi connectivity index (χ1) is 9.74. The number of hydrogen-bond donors (Lipinski definition) is 1. The second-order valence-electron chi connectivity index (χ2n) is 6.18. The summed E-state index contributed by atoms with van der Waals surface area (Å²) in [5.74, 6) is 1.92. The summed E-state index contributed by atoms with van der Waals surface area (Å²) in [5, 5.41) is 3.43. The maximum absolute atomic E-state index is 4.54. The Morgan fingerprint density at radius 1 is 1.35 bits per heavy atom. The lowest BCUT2D eigenvalue weighted by Gasteiger charge is -2.33. The first kappa shape index (κ1) is 13.8. The van der Waals surface area contributed by atoms with E-state index in [2.05, 4.69) is 39.2 Å². The lowest BCUT2D eigenvalue weighted by atomic mass is 9.96. The Balaban J connectivity index is 1.69. The van der Waals surface area contributed by atoms with E-state index in [1.165, 1.54) is 37.2 Å². The number of nitrogens with one attached hydrogen (secondary N) is 1. The van der Waals surface area contributed by atoms with Crippen LogP contribution in [0.1, 0.15) is 24.1 Å². The largest absolute Gasteiger partial charge is 0.359 e. The molecule has 0 radical (unpaired) electrons. The van der Waals surface area contributed by atoms with Crippen molar-refractivity contribution in [2.45, 2.75) is 25.8 Å². The molecule has 0 aromatic carbocycles. The number of aromatic nitrogens is 2. The summed E-state index contributed by atoms with van der Waals surface area (Å²) in [4.78, 5) is 13.7. The van der Waals surface area contributed by atoms with Crippen LogP contribution in [0.25, 0.3) is 0 Å². The monoisotopic (exact) mass is 275 g/mol. The Labute approximate surface area is 121 Å². The number of rotatable bonds is 3. The molecule has 2 aliphatic rings. The Hall–Kier alpha value is -1.20. The average Bonchev–Trinajstić information content (AvgIpc) is 2.49. The molecule has 0 aliphatic carbocycles. The van der Waals surface area contributed by atoms with Crippen LogP contribution in [0.5, 0.6) is 0 Å². The van der Waals surface area contributed by atoms with Crippen LogP contribution < -0.4 is 10.2 Å². The van der Waals surface area contributed by atoms with Gasteiger partial charge in [-0.25, -0.2) is 9.97 Å². The van der Waals surface area contributed by atoms with Gasteiger partial charge >= 0.3 is 0 Å². The third-order valence-corrected chi connectivity index (χ3v) is 4.58. The van der Waals surface area contributed by atoms with E-state index in [4.69, 9.17) is 0 Å². The Morgan fingerprint density at radius 3 is 2.95 bits per heavy atom. The minimum Gasteiger partial charge on any atom is -0.359 e. The van der Waals surface area contributed by atoms with Crippen molar-refractivity contribution in [2.24, 2.45) is 5.92 Å². The Bertz CT molecular complexity index is 454. The summed E-state index contributed by atoms with van der Waals surface area (Å²) in [6.45, 7) is 5.49. The van der Waals surface area contributed by atoms with E-state index in [1.54, 1.807) is 6.33 Å². The standard InChI is InChI=1S/C15H25N5/c1-19-7-4-12(5-8-19)10-20(2)15-13-9-16-6-3-14(13)17-11-18-15/h11-12,16H,3-10H2,1-2H3. The minimum absolute atomic E-state index is 0.790. The molecular formula is C15H25N5. The zero-order valence-electron chi connectivity index (χ0n) is 12.6. The van der Waals surface area contributed by atoms with E-state index in [0.717, 1.165) is 37.8 Å². The number of likely N-dealkylation sites (tertiary alicyclic amines) is 1. The van der Waals surface area contributed by atoms with Crippen LogP contribution in [0.3, 0.4) is 0 Å². The fourth-order valence-electron chi connectivity index (χ4n) is 3.30. The molecule has 5 heteroatoms. The number of hydrogen-bond acceptors (Lipinski definition) is 5. The molecular weight excluding hydrogens is 250 g/mol. The molecule has 3 rings (SSSR count). The third-order valence-electron chi connectivity index (χ3n) is 4.58. The normalized spacial score (nSPS) is 20.7. The van der Waals surface area contributed by atoms with Crippen LogP contribution in [-0.2, 0) is 13.0 Å². The lowest BCUT2D eigenvalue weighted by Crippen LogP contribution is -2.37. The summed E-state index contributed by atoms with van der Waals surface area (Å²) in [5.41, 5.74) is 2.53. The number of nitrogens with zero attached hydrogens (tertiary/aromatic N) is 4. The third kappa shape index (κ3) is 2.94. The first-order valence-electron chi connectivity index (χ1n) is 7.67. The fraction of sp³-hybridized carbons (Fsp3) is 0.733. The molecule has 1 fully saturated rings. The Morgan fingerprint density at radius 2 is 2.15 bits per heavy atom. The Kier molecular flexibility index (Phi) is 4.17. The van der Waals surface area contributed by atoms with Gasteiger partial charge in [-0.3, -0.25) is 0 Å². The van der Waals surface area contributed by atoms with Crippen LogP contribution in [0.2, 0.25) is 0 Å². The molecule has 0 saturated carbocycles. The summed E-state index contributed by atoms with van der Waals surface area (Å²) in [6.07, 6.45) is 5.34. The zero-order valence-corrected chi connectivity index (χ0v) is 12.6. The summed E-state index contributed by atoms with van der Waals surface area (Å²) in [6, 6.07) is 0. The second-order valence-corrected chi connectivity index (χ2v) is 6.18. The lowest BCUT2D eigenvalue weighted by molar-refractivity contribution is 0.222. The smallest absolute Gasteiger partial charge is 0.136 e. The van der Waals surface area contributed by atoms with E-state index in [1.807, 2.05) is 0 Å². The van der Waals surface area contributed by atoms with E-state index >= 15 is 0 Å². The molecule has 1 N–H and O–H groups in total. The van der Waals surface area contributed by atoms with Crippen molar-refractivity contribution < 1.29 is 0 Å². The van der Waals surface area contributed by atoms with Gasteiger partial charge in [-0.05, 0) is 38.9 Å². The maximum Gasteiger partial charge on any atom is 0.136 e. The van der Waals surface area contributed by atoms with Crippen molar-refractivity contribution >= 4 is 5.82 Å². The highest BCUT2D eigenvalue weighted by molar-refractivity contribution is 5.48. The van der Waals surface area contributed by atoms with Gasteiger partial charge in [0.05, 0.1) is 5.69 Å². The SMILES string of the molecule is CN1CCC(CN(C)c2ncnc3c2CNCC3)CC1. The van der Waals surface area contributed by atoms with Gasteiger partial charge < -0.3 is 15.1 Å². The fourth-order valence-corrected chi connectivity index (χ4v) is 3.30. The van der Waals surface area contributed by atoms with Crippen molar-refractivity contribution in [3.63, 3.8) is 0 Å². The van der Waals surface area contributed by atoms with E-state index in [-0.39, 0.29) is 0 Å². The molecule has 0 amide bonds.